The Kier molecular flexibility index (Phi) is 2.85. The first kappa shape index (κ1) is 14.6. The molecule has 0 amide bonds. The summed E-state index contributed by atoms with van der Waals surface area (Å²) in [5.41, 5.74) is -2.38. The van der Waals surface area contributed by atoms with Crippen LogP contribution in [0, 0.1) is 28.6 Å². The van der Waals surface area contributed by atoms with Crippen molar-refractivity contribution in [2.75, 3.05) is 0 Å². The van der Waals surface area contributed by atoms with Gasteiger partial charge in [-0.25, -0.2) is 4.39 Å². The minimum atomic E-state index is -1.50. The lowest BCUT2D eigenvalue weighted by molar-refractivity contribution is -0.183. The molecule has 6 atom stereocenters. The van der Waals surface area contributed by atoms with Crippen LogP contribution in [0.15, 0.2) is 12.2 Å². The van der Waals surface area contributed by atoms with E-state index < -0.39 is 22.7 Å². The summed E-state index contributed by atoms with van der Waals surface area (Å²) < 4.78 is 16.4. The molecule has 0 radical (unpaired) electrons. The molecule has 1 unspecified atom stereocenters. The smallest absolute Gasteiger partial charge is 0.221 e. The maximum Gasteiger partial charge on any atom is 0.221 e. The van der Waals surface area contributed by atoms with Crippen LogP contribution < -0.4 is 0 Å². The van der Waals surface area contributed by atoms with Crippen molar-refractivity contribution in [2.24, 2.45) is 28.6 Å². The Balaban J connectivity index is 1.81. The largest absolute Gasteiger partial charge is 0.290 e. The van der Waals surface area contributed by atoms with Crippen LogP contribution >= 0.6 is 0 Å². The van der Waals surface area contributed by atoms with Gasteiger partial charge >= 0.3 is 0 Å². The lowest BCUT2D eigenvalue weighted by atomic mass is 9.44. The molecule has 0 aliphatic heterocycles. The van der Waals surface area contributed by atoms with Crippen molar-refractivity contribution in [1.29, 1.82) is 0 Å². The van der Waals surface area contributed by atoms with Crippen molar-refractivity contribution in [3.8, 4) is 0 Å². The molecule has 22 heavy (non-hydrogen) atoms. The van der Waals surface area contributed by atoms with Crippen LogP contribution in [0.4, 0.5) is 4.39 Å². The van der Waals surface area contributed by atoms with Gasteiger partial charge in [-0.2, -0.15) is 0 Å². The van der Waals surface area contributed by atoms with Crippen LogP contribution in [-0.2, 0) is 9.59 Å². The molecule has 3 heteroatoms. The number of carbonyl (C=O) groups excluding carboxylic acids is 2. The molecule has 0 aromatic rings. The van der Waals surface area contributed by atoms with Gasteiger partial charge in [-0.05, 0) is 74.7 Å². The number of rotatable bonds is 0. The molecule has 4 rings (SSSR count). The Morgan fingerprint density at radius 1 is 1.05 bits per heavy atom. The van der Waals surface area contributed by atoms with Gasteiger partial charge in [-0.1, -0.05) is 19.4 Å². The van der Waals surface area contributed by atoms with Gasteiger partial charge in [0.1, 0.15) is 5.67 Å². The van der Waals surface area contributed by atoms with Gasteiger partial charge in [-0.15, -0.1) is 0 Å². The van der Waals surface area contributed by atoms with E-state index in [1.54, 1.807) is 6.92 Å². The molecule has 4 aliphatic carbocycles. The summed E-state index contributed by atoms with van der Waals surface area (Å²) in [7, 11) is 0. The third kappa shape index (κ3) is 1.50. The van der Waals surface area contributed by atoms with E-state index in [1.807, 2.05) is 6.08 Å². The number of halogens is 1. The van der Waals surface area contributed by atoms with Crippen molar-refractivity contribution in [3.05, 3.63) is 12.2 Å². The second-order valence-corrected chi connectivity index (χ2v) is 8.56. The molecule has 0 aromatic carbocycles. The normalized spacial score (nSPS) is 53.9. The molecule has 0 saturated heterocycles. The zero-order valence-electron chi connectivity index (χ0n) is 13.5. The van der Waals surface area contributed by atoms with Crippen molar-refractivity contribution in [1.82, 2.24) is 0 Å². The fourth-order valence-corrected chi connectivity index (χ4v) is 6.44. The van der Waals surface area contributed by atoms with E-state index >= 15 is 4.39 Å². The van der Waals surface area contributed by atoms with E-state index in [-0.39, 0.29) is 17.3 Å². The summed E-state index contributed by atoms with van der Waals surface area (Å²) in [5, 5.41) is 0. The number of alkyl halides is 1. The monoisotopic (exact) mass is 304 g/mol. The maximum atomic E-state index is 16.4. The molecule has 3 fully saturated rings. The number of ketones is 2. The maximum absolute atomic E-state index is 16.4. The molecule has 0 aromatic heterocycles. The van der Waals surface area contributed by atoms with Crippen LogP contribution in [-0.4, -0.2) is 17.2 Å². The fraction of sp³-hybridized carbons (Fsp3) is 0.789. The van der Waals surface area contributed by atoms with Crippen molar-refractivity contribution in [3.63, 3.8) is 0 Å². The SMILES string of the molecule is C[C@@]12CCC[C@H]1[C@@H]1CCC3C=CC(=O)C(=O)[C@]3(C)[C@@]1(F)CC2. The van der Waals surface area contributed by atoms with Crippen LogP contribution in [0.5, 0.6) is 0 Å². The highest BCUT2D eigenvalue weighted by molar-refractivity contribution is 6.44. The second-order valence-electron chi connectivity index (χ2n) is 8.56. The minimum Gasteiger partial charge on any atom is -0.290 e. The second kappa shape index (κ2) is 4.30. The van der Waals surface area contributed by atoms with Crippen LogP contribution in [0.1, 0.15) is 58.8 Å². The number of hydrogen-bond acceptors (Lipinski definition) is 2. The highest BCUT2D eigenvalue weighted by Crippen LogP contribution is 2.67. The molecular weight excluding hydrogens is 279 g/mol. The zero-order valence-corrected chi connectivity index (χ0v) is 13.5. The van der Waals surface area contributed by atoms with Gasteiger partial charge in [-0.3, -0.25) is 9.59 Å². The van der Waals surface area contributed by atoms with Gasteiger partial charge < -0.3 is 0 Å². The lowest BCUT2D eigenvalue weighted by Crippen LogP contribution is -2.65. The third-order valence-corrected chi connectivity index (χ3v) is 7.86. The first-order valence-electron chi connectivity index (χ1n) is 8.79. The van der Waals surface area contributed by atoms with E-state index in [2.05, 4.69) is 6.92 Å². The van der Waals surface area contributed by atoms with Crippen LogP contribution in [0.25, 0.3) is 0 Å². The van der Waals surface area contributed by atoms with Gasteiger partial charge in [0.05, 0.1) is 5.41 Å². The van der Waals surface area contributed by atoms with Gasteiger partial charge in [0, 0.05) is 0 Å². The number of Topliss-reactive ketones (excluding diaryl/α,β-unsaturated/α-hetero) is 1. The summed E-state index contributed by atoms with van der Waals surface area (Å²) in [6.07, 6.45) is 9.66. The Bertz CT molecular complexity index is 582. The molecule has 120 valence electrons. The van der Waals surface area contributed by atoms with Gasteiger partial charge in [0.15, 0.2) is 0 Å². The lowest BCUT2D eigenvalue weighted by Gasteiger charge is -2.60. The average molecular weight is 304 g/mol. The summed E-state index contributed by atoms with van der Waals surface area (Å²) >= 11 is 0. The van der Waals surface area contributed by atoms with Crippen LogP contribution in [0.3, 0.4) is 0 Å². The number of allylic oxidation sites excluding steroid dienone is 2. The van der Waals surface area contributed by atoms with E-state index in [9.17, 15) is 9.59 Å². The number of carbonyl (C=O) groups is 2. The molecule has 2 nitrogen and oxygen atoms in total. The molecule has 0 N–H and O–H groups in total. The standard InChI is InChI=1S/C19H25FO2/c1-17-9-3-4-13(17)14-7-5-12-6-8-15(21)16(22)18(12,2)19(14,20)11-10-17/h6,8,12-14H,3-5,7,9-11H2,1-2H3/t12?,13-,14-,17-,18+,19+/m0/s1. The zero-order chi connectivity index (χ0) is 15.8. The first-order valence-corrected chi connectivity index (χ1v) is 8.79. The van der Waals surface area contributed by atoms with Crippen molar-refractivity contribution >= 4 is 11.6 Å². The highest BCUT2D eigenvalue weighted by Gasteiger charge is 2.69. The Labute approximate surface area is 131 Å². The van der Waals surface area contributed by atoms with Crippen molar-refractivity contribution in [2.45, 2.75) is 64.5 Å². The summed E-state index contributed by atoms with van der Waals surface area (Å²) in [5.74, 6) is -0.745. The fourth-order valence-electron chi connectivity index (χ4n) is 6.44. The highest BCUT2D eigenvalue weighted by atomic mass is 19.1. The van der Waals surface area contributed by atoms with Gasteiger partial charge in [0.2, 0.25) is 11.6 Å². The van der Waals surface area contributed by atoms with E-state index in [4.69, 9.17) is 0 Å². The first-order chi connectivity index (χ1) is 10.3. The Hall–Kier alpha value is -0.990. The predicted molar refractivity (Wildman–Crippen MR) is 82.0 cm³/mol. The quantitative estimate of drug-likeness (QED) is 0.633. The number of hydrogen-bond donors (Lipinski definition) is 0. The molecule has 3 saturated carbocycles. The van der Waals surface area contributed by atoms with Gasteiger partial charge in [0.25, 0.3) is 0 Å². The van der Waals surface area contributed by atoms with Crippen molar-refractivity contribution < 1.29 is 14.0 Å². The van der Waals surface area contributed by atoms with E-state index in [0.29, 0.717) is 12.3 Å². The summed E-state index contributed by atoms with van der Waals surface area (Å²) in [6, 6.07) is 0. The molecule has 4 aliphatic rings. The number of fused-ring (bicyclic) bond motifs is 5. The molecule has 0 spiro atoms. The average Bonchev–Trinajstić information content (AvgIpc) is 2.87. The molecular formula is C19H25FO2. The topological polar surface area (TPSA) is 34.1 Å². The third-order valence-electron chi connectivity index (χ3n) is 7.86. The Morgan fingerprint density at radius 2 is 1.82 bits per heavy atom. The Morgan fingerprint density at radius 3 is 2.59 bits per heavy atom. The predicted octanol–water partition coefficient (Wildman–Crippen LogP) is 4.04. The van der Waals surface area contributed by atoms with E-state index in [0.717, 1.165) is 25.7 Å². The molecule has 0 heterocycles. The van der Waals surface area contributed by atoms with E-state index in [1.165, 1.54) is 18.9 Å². The molecule has 0 bridgehead atoms. The summed E-state index contributed by atoms with van der Waals surface area (Å²) in [4.78, 5) is 24.6. The van der Waals surface area contributed by atoms with Crippen LogP contribution in [0.2, 0.25) is 0 Å². The minimum absolute atomic E-state index is 0.0433. The summed E-state index contributed by atoms with van der Waals surface area (Å²) in [6.45, 7) is 4.05.